The predicted octanol–water partition coefficient (Wildman–Crippen LogP) is 5.00. The Morgan fingerprint density at radius 2 is 1.88 bits per heavy atom. The van der Waals surface area contributed by atoms with Gasteiger partial charge in [-0.1, -0.05) is 30.3 Å². The van der Waals surface area contributed by atoms with Crippen molar-refractivity contribution in [2.24, 2.45) is 0 Å². The Morgan fingerprint density at radius 1 is 1.04 bits per heavy atom. The standard InChI is InChI=1S/C22H18N2O2/c23-14-15-6-9-22(19(24)12-15)25-18-8-11-21-17(13-18)7-10-20(26-21)16-4-2-1-3-5-16/h1-6,8-9,11-13,20H,7,10,24H2. The molecule has 0 fully saturated rings. The first-order valence-electron chi connectivity index (χ1n) is 8.55. The topological polar surface area (TPSA) is 68.3 Å². The second-order valence-electron chi connectivity index (χ2n) is 6.29. The molecule has 0 aliphatic carbocycles. The van der Waals surface area contributed by atoms with Crippen LogP contribution in [-0.4, -0.2) is 0 Å². The molecule has 128 valence electrons. The molecule has 26 heavy (non-hydrogen) atoms. The van der Waals surface area contributed by atoms with E-state index in [0.717, 1.165) is 24.2 Å². The van der Waals surface area contributed by atoms with Crippen LogP contribution in [0.25, 0.3) is 0 Å². The van der Waals surface area contributed by atoms with Crippen LogP contribution in [0, 0.1) is 11.3 Å². The molecule has 0 radical (unpaired) electrons. The van der Waals surface area contributed by atoms with Gasteiger partial charge in [0.15, 0.2) is 0 Å². The summed E-state index contributed by atoms with van der Waals surface area (Å²) >= 11 is 0. The summed E-state index contributed by atoms with van der Waals surface area (Å²) in [6.45, 7) is 0. The summed E-state index contributed by atoms with van der Waals surface area (Å²) in [5.74, 6) is 2.15. The fourth-order valence-electron chi connectivity index (χ4n) is 3.17. The van der Waals surface area contributed by atoms with Crippen LogP contribution in [0.4, 0.5) is 5.69 Å². The minimum atomic E-state index is 0.0876. The number of anilines is 1. The second kappa shape index (κ2) is 6.81. The molecule has 3 aromatic carbocycles. The van der Waals surface area contributed by atoms with Crippen molar-refractivity contribution in [3.63, 3.8) is 0 Å². The van der Waals surface area contributed by atoms with E-state index >= 15 is 0 Å². The van der Waals surface area contributed by atoms with Crippen molar-refractivity contribution in [3.05, 3.63) is 83.4 Å². The van der Waals surface area contributed by atoms with E-state index in [1.807, 2.05) is 36.4 Å². The van der Waals surface area contributed by atoms with Crippen LogP contribution in [0.15, 0.2) is 66.7 Å². The predicted molar refractivity (Wildman–Crippen MR) is 100 cm³/mol. The Morgan fingerprint density at radius 3 is 2.65 bits per heavy atom. The third kappa shape index (κ3) is 3.20. The van der Waals surface area contributed by atoms with Gasteiger partial charge in [-0.25, -0.2) is 0 Å². The lowest BCUT2D eigenvalue weighted by atomic mass is 9.97. The average molecular weight is 342 g/mol. The molecule has 4 rings (SSSR count). The van der Waals surface area contributed by atoms with Crippen molar-refractivity contribution in [2.75, 3.05) is 5.73 Å². The summed E-state index contributed by atoms with van der Waals surface area (Å²) in [7, 11) is 0. The number of nitrogen functional groups attached to an aromatic ring is 1. The first kappa shape index (κ1) is 16.0. The molecular formula is C22H18N2O2. The van der Waals surface area contributed by atoms with Gasteiger partial charge in [-0.05, 0) is 60.4 Å². The number of aryl methyl sites for hydroxylation is 1. The zero-order chi connectivity index (χ0) is 17.9. The highest BCUT2D eigenvalue weighted by molar-refractivity contribution is 5.58. The largest absolute Gasteiger partial charge is 0.485 e. The number of hydrogen-bond acceptors (Lipinski definition) is 4. The lowest BCUT2D eigenvalue weighted by molar-refractivity contribution is 0.176. The zero-order valence-electron chi connectivity index (χ0n) is 14.2. The Labute approximate surface area is 152 Å². The first-order valence-corrected chi connectivity index (χ1v) is 8.55. The van der Waals surface area contributed by atoms with Crippen LogP contribution in [0.3, 0.4) is 0 Å². The highest BCUT2D eigenvalue weighted by atomic mass is 16.5. The van der Waals surface area contributed by atoms with Gasteiger partial charge in [0, 0.05) is 0 Å². The van der Waals surface area contributed by atoms with Gasteiger partial charge < -0.3 is 15.2 Å². The van der Waals surface area contributed by atoms with Crippen molar-refractivity contribution < 1.29 is 9.47 Å². The minimum absolute atomic E-state index is 0.0876. The van der Waals surface area contributed by atoms with Gasteiger partial charge in [-0.3, -0.25) is 0 Å². The summed E-state index contributed by atoms with van der Waals surface area (Å²) < 4.78 is 12.1. The molecule has 0 saturated heterocycles. The van der Waals surface area contributed by atoms with Crippen molar-refractivity contribution in [1.82, 2.24) is 0 Å². The smallest absolute Gasteiger partial charge is 0.150 e. The van der Waals surface area contributed by atoms with E-state index in [1.165, 1.54) is 5.56 Å². The number of nitrogens with two attached hydrogens (primary N) is 1. The van der Waals surface area contributed by atoms with Crippen LogP contribution >= 0.6 is 0 Å². The van der Waals surface area contributed by atoms with E-state index in [1.54, 1.807) is 18.2 Å². The van der Waals surface area contributed by atoms with E-state index in [2.05, 4.69) is 18.2 Å². The summed E-state index contributed by atoms with van der Waals surface area (Å²) in [6.07, 6.45) is 1.94. The molecule has 0 aromatic heterocycles. The average Bonchev–Trinajstić information content (AvgIpc) is 2.69. The monoisotopic (exact) mass is 342 g/mol. The minimum Gasteiger partial charge on any atom is -0.485 e. The lowest BCUT2D eigenvalue weighted by Crippen LogP contribution is -2.15. The molecule has 1 atom stereocenters. The van der Waals surface area contributed by atoms with Crippen LogP contribution in [0.1, 0.15) is 29.2 Å². The van der Waals surface area contributed by atoms with E-state index < -0.39 is 0 Å². The Bertz CT molecular complexity index is 977. The van der Waals surface area contributed by atoms with Crippen molar-refractivity contribution in [3.8, 4) is 23.3 Å². The van der Waals surface area contributed by atoms with Gasteiger partial charge in [-0.2, -0.15) is 5.26 Å². The molecule has 1 heterocycles. The molecule has 1 unspecified atom stereocenters. The molecule has 0 spiro atoms. The molecule has 2 N–H and O–H groups in total. The van der Waals surface area contributed by atoms with E-state index in [-0.39, 0.29) is 6.10 Å². The molecule has 4 nitrogen and oxygen atoms in total. The van der Waals surface area contributed by atoms with Gasteiger partial charge in [0.25, 0.3) is 0 Å². The second-order valence-corrected chi connectivity index (χ2v) is 6.29. The first-order chi connectivity index (χ1) is 12.7. The fraction of sp³-hybridized carbons (Fsp3) is 0.136. The van der Waals surface area contributed by atoms with Crippen molar-refractivity contribution in [1.29, 1.82) is 5.26 Å². The number of hydrogen-bond donors (Lipinski definition) is 1. The Hall–Kier alpha value is -3.45. The van der Waals surface area contributed by atoms with Gasteiger partial charge in [0.05, 0.1) is 17.3 Å². The van der Waals surface area contributed by atoms with Crippen molar-refractivity contribution >= 4 is 5.69 Å². The summed E-state index contributed by atoms with van der Waals surface area (Å²) in [4.78, 5) is 0. The molecule has 0 amide bonds. The Balaban J connectivity index is 1.53. The maximum absolute atomic E-state index is 8.92. The highest BCUT2D eigenvalue weighted by Gasteiger charge is 2.21. The molecule has 0 saturated carbocycles. The normalized spacial score (nSPS) is 15.4. The van der Waals surface area contributed by atoms with E-state index in [0.29, 0.717) is 22.7 Å². The molecule has 1 aliphatic heterocycles. The molecular weight excluding hydrogens is 324 g/mol. The SMILES string of the molecule is N#Cc1ccc(Oc2ccc3c(c2)CCC(c2ccccc2)O3)c(N)c1. The van der Waals surface area contributed by atoms with Gasteiger partial charge >= 0.3 is 0 Å². The van der Waals surface area contributed by atoms with Gasteiger partial charge in [-0.15, -0.1) is 0 Å². The molecule has 0 bridgehead atoms. The number of fused-ring (bicyclic) bond motifs is 1. The number of nitrogens with zero attached hydrogens (tertiary/aromatic N) is 1. The van der Waals surface area contributed by atoms with E-state index in [9.17, 15) is 0 Å². The number of ether oxygens (including phenoxy) is 2. The third-order valence-corrected chi connectivity index (χ3v) is 4.52. The number of rotatable bonds is 3. The quantitative estimate of drug-likeness (QED) is 0.680. The van der Waals surface area contributed by atoms with Crippen LogP contribution in [-0.2, 0) is 6.42 Å². The van der Waals surface area contributed by atoms with Crippen LogP contribution in [0.2, 0.25) is 0 Å². The number of nitriles is 1. The summed E-state index contributed by atoms with van der Waals surface area (Å²) in [6, 6.07) is 23.2. The molecule has 1 aliphatic rings. The van der Waals surface area contributed by atoms with Crippen LogP contribution < -0.4 is 15.2 Å². The highest BCUT2D eigenvalue weighted by Crippen LogP contribution is 2.38. The van der Waals surface area contributed by atoms with Crippen LogP contribution in [0.5, 0.6) is 17.2 Å². The lowest BCUT2D eigenvalue weighted by Gasteiger charge is -2.26. The number of benzene rings is 3. The molecule has 4 heteroatoms. The fourth-order valence-corrected chi connectivity index (χ4v) is 3.17. The third-order valence-electron chi connectivity index (χ3n) is 4.52. The zero-order valence-corrected chi connectivity index (χ0v) is 14.2. The van der Waals surface area contributed by atoms with E-state index in [4.69, 9.17) is 20.5 Å². The maximum Gasteiger partial charge on any atom is 0.150 e. The maximum atomic E-state index is 8.92. The van der Waals surface area contributed by atoms with Gasteiger partial charge in [0.2, 0.25) is 0 Å². The molecule has 3 aromatic rings. The summed E-state index contributed by atoms with van der Waals surface area (Å²) in [5.41, 5.74) is 9.25. The van der Waals surface area contributed by atoms with Gasteiger partial charge in [0.1, 0.15) is 23.4 Å². The van der Waals surface area contributed by atoms with Crippen molar-refractivity contribution in [2.45, 2.75) is 18.9 Å². The summed E-state index contributed by atoms with van der Waals surface area (Å²) in [5, 5.41) is 8.92. The Kier molecular flexibility index (Phi) is 4.20.